The molecule has 5 nitrogen and oxygen atoms in total. The molecule has 0 fully saturated rings. The zero-order valence-corrected chi connectivity index (χ0v) is 18.9. The van der Waals surface area contributed by atoms with E-state index >= 15 is 0 Å². The van der Waals surface area contributed by atoms with Gasteiger partial charge in [0, 0.05) is 16.8 Å². The van der Waals surface area contributed by atoms with Crippen LogP contribution in [0.3, 0.4) is 0 Å². The number of amides is 1. The predicted octanol–water partition coefficient (Wildman–Crippen LogP) is 5.16. The fourth-order valence-corrected chi connectivity index (χ4v) is 6.40. The first-order valence-electron chi connectivity index (χ1n) is 10.6. The van der Waals surface area contributed by atoms with Crippen molar-refractivity contribution < 1.29 is 4.79 Å². The fraction of sp³-hybridized carbons (Fsp3) is 0.292. The summed E-state index contributed by atoms with van der Waals surface area (Å²) in [4.78, 5) is 37.3. The van der Waals surface area contributed by atoms with E-state index in [1.807, 2.05) is 37.3 Å². The van der Waals surface area contributed by atoms with Crippen molar-refractivity contribution in [3.8, 4) is 0 Å². The maximum Gasteiger partial charge on any atom is 0.260 e. The molecule has 1 aliphatic rings. The second-order valence-electron chi connectivity index (χ2n) is 7.69. The average molecular weight is 450 g/mol. The van der Waals surface area contributed by atoms with Gasteiger partial charge in [0.2, 0.25) is 5.91 Å². The van der Waals surface area contributed by atoms with Crippen LogP contribution in [0.15, 0.2) is 52.4 Å². The molecular weight excluding hydrogens is 426 g/mol. The molecule has 0 saturated heterocycles. The average Bonchev–Trinajstić information content (AvgIpc) is 3.17. The Hall–Kier alpha value is -2.64. The lowest BCUT2D eigenvalue weighted by Gasteiger charge is -2.22. The lowest BCUT2D eigenvalue weighted by Crippen LogP contribution is -2.32. The van der Waals surface area contributed by atoms with Crippen LogP contribution in [-0.4, -0.2) is 28.2 Å². The molecule has 0 radical (unpaired) electrons. The lowest BCUT2D eigenvalue weighted by atomic mass is 9.97. The highest BCUT2D eigenvalue weighted by Crippen LogP contribution is 2.34. The van der Waals surface area contributed by atoms with Gasteiger partial charge in [0.05, 0.1) is 16.8 Å². The summed E-state index contributed by atoms with van der Waals surface area (Å²) in [6.45, 7) is 2.56. The van der Waals surface area contributed by atoms with Crippen LogP contribution in [0.5, 0.6) is 0 Å². The Morgan fingerprint density at radius 3 is 2.84 bits per heavy atom. The summed E-state index contributed by atoms with van der Waals surface area (Å²) in [6, 6.07) is 14.1. The number of hydrogen-bond donors (Lipinski definition) is 1. The number of rotatable bonds is 5. The topological polar surface area (TPSA) is 66.1 Å². The minimum absolute atomic E-state index is 0.00271. The van der Waals surface area contributed by atoms with E-state index in [1.165, 1.54) is 28.6 Å². The zero-order valence-electron chi connectivity index (χ0n) is 17.3. The Balaban J connectivity index is 1.39. The van der Waals surface area contributed by atoms with Crippen LogP contribution in [0.2, 0.25) is 0 Å². The van der Waals surface area contributed by atoms with Crippen molar-refractivity contribution in [3.63, 3.8) is 0 Å². The van der Waals surface area contributed by atoms with Gasteiger partial charge >= 0.3 is 0 Å². The number of H-pyrrole nitrogens is 1. The van der Waals surface area contributed by atoms with Crippen LogP contribution in [-0.2, 0) is 17.6 Å². The van der Waals surface area contributed by atoms with Gasteiger partial charge in [-0.1, -0.05) is 48.2 Å². The molecule has 0 bridgehead atoms. The van der Waals surface area contributed by atoms with Gasteiger partial charge in [0.15, 0.2) is 5.16 Å². The third kappa shape index (κ3) is 3.77. The summed E-state index contributed by atoms with van der Waals surface area (Å²) in [7, 11) is 0. The molecule has 1 N–H and O–H groups in total. The summed E-state index contributed by atoms with van der Waals surface area (Å²) >= 11 is 2.93. The first kappa shape index (κ1) is 20.3. The Morgan fingerprint density at radius 2 is 1.97 bits per heavy atom. The van der Waals surface area contributed by atoms with Gasteiger partial charge in [-0.15, -0.1) is 11.3 Å². The number of aryl methyl sites for hydroxylation is 2. The van der Waals surface area contributed by atoms with Gasteiger partial charge in [0.25, 0.3) is 5.56 Å². The number of carbonyl (C=O) groups is 1. The van der Waals surface area contributed by atoms with E-state index in [1.54, 1.807) is 16.2 Å². The van der Waals surface area contributed by atoms with Gasteiger partial charge < -0.3 is 9.88 Å². The molecular formula is C24H23N3O2S2. The number of aromatic amines is 1. The van der Waals surface area contributed by atoms with E-state index < -0.39 is 0 Å². The van der Waals surface area contributed by atoms with Crippen molar-refractivity contribution in [1.29, 1.82) is 0 Å². The number of thiophene rings is 1. The third-order valence-corrected chi connectivity index (χ3v) is 7.85. The molecule has 2 aromatic heterocycles. The van der Waals surface area contributed by atoms with Gasteiger partial charge in [-0.05, 0) is 49.6 Å². The number of hydrogen-bond acceptors (Lipinski definition) is 5. The molecule has 0 saturated carbocycles. The highest BCUT2D eigenvalue weighted by Gasteiger charge is 2.21. The van der Waals surface area contributed by atoms with E-state index in [9.17, 15) is 9.59 Å². The summed E-state index contributed by atoms with van der Waals surface area (Å²) < 4.78 is 0. The number of anilines is 1. The van der Waals surface area contributed by atoms with Gasteiger partial charge in [-0.2, -0.15) is 0 Å². The highest BCUT2D eigenvalue weighted by molar-refractivity contribution is 7.99. The summed E-state index contributed by atoms with van der Waals surface area (Å²) in [6.07, 6.45) is 4.30. The van der Waals surface area contributed by atoms with Crippen LogP contribution < -0.4 is 10.5 Å². The molecule has 1 aliphatic carbocycles. The van der Waals surface area contributed by atoms with Crippen molar-refractivity contribution in [1.82, 2.24) is 9.97 Å². The van der Waals surface area contributed by atoms with Crippen molar-refractivity contribution >= 4 is 55.7 Å². The largest absolute Gasteiger partial charge is 0.311 e. The standard InChI is InChI=1S/C24H23N3O2S2/c1-2-27(18-12-7-9-15-8-3-4-10-16(15)18)20(28)14-30-24-25-22(29)21-17-11-5-6-13-19(17)31-23(21)26-24/h3-4,7-10,12H,2,5-6,11,13-14H2,1H3,(H,25,26,29). The minimum Gasteiger partial charge on any atom is -0.311 e. The van der Waals surface area contributed by atoms with E-state index in [2.05, 4.69) is 22.1 Å². The number of aromatic nitrogens is 2. The SMILES string of the molecule is CCN(C(=O)CSc1nc2sc3c(c2c(=O)[nH]1)CCCC3)c1cccc2ccccc12. The van der Waals surface area contributed by atoms with Gasteiger partial charge in [-0.3, -0.25) is 9.59 Å². The fourth-order valence-electron chi connectivity index (χ4n) is 4.35. The summed E-state index contributed by atoms with van der Waals surface area (Å²) in [5, 5.41) is 3.43. The Bertz CT molecular complexity index is 1340. The monoisotopic (exact) mass is 449 g/mol. The van der Waals surface area contributed by atoms with Crippen LogP contribution in [0.1, 0.15) is 30.2 Å². The predicted molar refractivity (Wildman–Crippen MR) is 130 cm³/mol. The number of nitrogens with one attached hydrogen (secondary N) is 1. The van der Waals surface area contributed by atoms with Crippen molar-refractivity contribution in [2.24, 2.45) is 0 Å². The van der Waals surface area contributed by atoms with Gasteiger partial charge in [-0.25, -0.2) is 4.98 Å². The first-order valence-corrected chi connectivity index (χ1v) is 12.4. The molecule has 2 heterocycles. The summed E-state index contributed by atoms with van der Waals surface area (Å²) in [5.74, 6) is 0.216. The molecule has 0 unspecified atom stereocenters. The molecule has 31 heavy (non-hydrogen) atoms. The number of carbonyl (C=O) groups excluding carboxylic acids is 1. The number of thioether (sulfide) groups is 1. The third-order valence-electron chi connectivity index (χ3n) is 5.81. The second kappa shape index (κ2) is 8.48. The van der Waals surface area contributed by atoms with Crippen LogP contribution in [0.25, 0.3) is 21.0 Å². The van der Waals surface area contributed by atoms with Crippen molar-refractivity contribution in [2.45, 2.75) is 37.8 Å². The Morgan fingerprint density at radius 1 is 1.16 bits per heavy atom. The highest BCUT2D eigenvalue weighted by atomic mass is 32.2. The molecule has 0 atom stereocenters. The molecule has 5 rings (SSSR count). The van der Waals surface area contributed by atoms with Crippen LogP contribution >= 0.6 is 23.1 Å². The number of nitrogens with zero attached hydrogens (tertiary/aromatic N) is 2. The van der Waals surface area contributed by atoms with E-state index in [-0.39, 0.29) is 17.2 Å². The Labute approximate surface area is 188 Å². The Kier molecular flexibility index (Phi) is 5.54. The minimum atomic E-state index is -0.0826. The van der Waals surface area contributed by atoms with Gasteiger partial charge in [0.1, 0.15) is 4.83 Å². The van der Waals surface area contributed by atoms with Crippen molar-refractivity contribution in [2.75, 3.05) is 17.2 Å². The quantitative estimate of drug-likeness (QED) is 0.338. The zero-order chi connectivity index (χ0) is 21.4. The molecule has 158 valence electrons. The van der Waals surface area contributed by atoms with E-state index in [4.69, 9.17) is 0 Å². The second-order valence-corrected chi connectivity index (χ2v) is 9.73. The normalized spacial score (nSPS) is 13.5. The smallest absolute Gasteiger partial charge is 0.260 e. The molecule has 0 spiro atoms. The van der Waals surface area contributed by atoms with Crippen LogP contribution in [0, 0.1) is 0 Å². The van der Waals surface area contributed by atoms with Crippen LogP contribution in [0.4, 0.5) is 5.69 Å². The molecule has 0 aliphatic heterocycles. The van der Waals surface area contributed by atoms with E-state index in [0.717, 1.165) is 45.9 Å². The van der Waals surface area contributed by atoms with E-state index in [0.29, 0.717) is 11.7 Å². The first-order chi connectivity index (χ1) is 15.2. The molecule has 4 aromatic rings. The maximum atomic E-state index is 13.1. The van der Waals surface area contributed by atoms with Crippen molar-refractivity contribution in [3.05, 3.63) is 63.3 Å². The number of fused-ring (bicyclic) bond motifs is 4. The summed E-state index contributed by atoms with van der Waals surface area (Å²) in [5.41, 5.74) is 2.01. The molecule has 1 amide bonds. The molecule has 2 aromatic carbocycles. The molecule has 7 heteroatoms. The maximum absolute atomic E-state index is 13.1. The number of benzene rings is 2. The lowest BCUT2D eigenvalue weighted by molar-refractivity contribution is -0.116.